The molecule has 7 nitrogen and oxygen atoms in total. The van der Waals surface area contributed by atoms with Crippen LogP contribution in [0.25, 0.3) is 0 Å². The van der Waals surface area contributed by atoms with Crippen LogP contribution < -0.4 is 4.90 Å². The van der Waals surface area contributed by atoms with Gasteiger partial charge in [-0.3, -0.25) is 9.69 Å². The molecular weight excluding hydrogens is 417 g/mol. The number of hydrogen-bond donors (Lipinski definition) is 0. The Morgan fingerprint density at radius 3 is 2.81 bits per heavy atom. The van der Waals surface area contributed by atoms with Crippen LogP contribution in [0, 0.1) is 5.82 Å². The summed E-state index contributed by atoms with van der Waals surface area (Å²) in [6.07, 6.45) is 5.13. The maximum Gasteiger partial charge on any atom is 0.276 e. The molecule has 2 aliphatic rings. The Hall–Kier alpha value is -2.78. The normalized spacial score (nSPS) is 19.8. The van der Waals surface area contributed by atoms with Gasteiger partial charge in [0.05, 0.1) is 18.3 Å². The number of carbonyl (C=O) groups excluding carboxylic acids is 1. The molecule has 0 spiro atoms. The molecule has 2 aliphatic heterocycles. The number of hydrogen-bond acceptors (Lipinski definition) is 7. The second kappa shape index (κ2) is 8.76. The number of piperazine rings is 1. The second-order valence-corrected chi connectivity index (χ2v) is 8.79. The summed E-state index contributed by atoms with van der Waals surface area (Å²) in [7, 11) is 0. The van der Waals surface area contributed by atoms with Gasteiger partial charge in [-0.25, -0.2) is 14.4 Å². The lowest BCUT2D eigenvalue weighted by atomic mass is 10.2. The first-order chi connectivity index (χ1) is 15.2. The van der Waals surface area contributed by atoms with Crippen LogP contribution in [0.2, 0.25) is 0 Å². The van der Waals surface area contributed by atoms with Crippen LogP contribution in [0.5, 0.6) is 0 Å². The number of aromatic nitrogens is 2. The number of amides is 1. The molecule has 5 rings (SSSR count). The zero-order valence-corrected chi connectivity index (χ0v) is 17.9. The quantitative estimate of drug-likeness (QED) is 0.603. The van der Waals surface area contributed by atoms with Crippen molar-refractivity contribution in [2.75, 3.05) is 37.6 Å². The Labute approximate surface area is 184 Å². The summed E-state index contributed by atoms with van der Waals surface area (Å²) >= 11 is 1.58. The number of oxazole rings is 1. The van der Waals surface area contributed by atoms with Gasteiger partial charge in [-0.2, -0.15) is 0 Å². The topological polar surface area (TPSA) is 65.7 Å². The molecule has 0 aliphatic carbocycles. The first kappa shape index (κ1) is 20.1. The van der Waals surface area contributed by atoms with Gasteiger partial charge in [-0.1, -0.05) is 12.1 Å². The van der Waals surface area contributed by atoms with Crippen molar-refractivity contribution in [1.29, 1.82) is 0 Å². The highest BCUT2D eigenvalue weighted by molar-refractivity contribution is 7.09. The van der Waals surface area contributed by atoms with Crippen LogP contribution in [-0.4, -0.2) is 58.4 Å². The average molecular weight is 442 g/mol. The highest BCUT2D eigenvalue weighted by Crippen LogP contribution is 2.34. The van der Waals surface area contributed by atoms with E-state index in [9.17, 15) is 9.18 Å². The smallest absolute Gasteiger partial charge is 0.276 e. The number of thiazole rings is 1. The predicted molar refractivity (Wildman–Crippen MR) is 116 cm³/mol. The van der Waals surface area contributed by atoms with Crippen molar-refractivity contribution in [3.63, 3.8) is 0 Å². The van der Waals surface area contributed by atoms with Crippen LogP contribution in [0.3, 0.4) is 0 Å². The molecule has 0 saturated carbocycles. The summed E-state index contributed by atoms with van der Waals surface area (Å²) in [4.78, 5) is 28.0. The molecule has 1 aromatic carbocycles. The highest BCUT2D eigenvalue weighted by atomic mass is 32.1. The van der Waals surface area contributed by atoms with Crippen molar-refractivity contribution in [3.8, 4) is 0 Å². The van der Waals surface area contributed by atoms with Crippen molar-refractivity contribution < 1.29 is 13.6 Å². The molecule has 2 fully saturated rings. The van der Waals surface area contributed by atoms with Crippen molar-refractivity contribution in [2.45, 2.75) is 25.4 Å². The van der Waals surface area contributed by atoms with Crippen LogP contribution in [0.15, 0.2) is 46.5 Å². The van der Waals surface area contributed by atoms with Gasteiger partial charge in [0.1, 0.15) is 17.1 Å². The number of nitrogens with zero attached hydrogens (tertiary/aromatic N) is 5. The highest BCUT2D eigenvalue weighted by Gasteiger charge is 2.33. The lowest BCUT2D eigenvalue weighted by Crippen LogP contribution is -2.46. The number of para-hydroxylation sites is 1. The third-order valence-corrected chi connectivity index (χ3v) is 6.82. The first-order valence-electron chi connectivity index (χ1n) is 10.6. The summed E-state index contributed by atoms with van der Waals surface area (Å²) in [5, 5.41) is 2.92. The lowest BCUT2D eigenvalue weighted by Gasteiger charge is -2.35. The van der Waals surface area contributed by atoms with Gasteiger partial charge in [0.2, 0.25) is 5.89 Å². The summed E-state index contributed by atoms with van der Waals surface area (Å²) in [6, 6.07) is 6.90. The fourth-order valence-corrected chi connectivity index (χ4v) is 5.13. The van der Waals surface area contributed by atoms with E-state index in [1.807, 2.05) is 22.4 Å². The molecule has 2 saturated heterocycles. The minimum absolute atomic E-state index is 0.0270. The molecule has 0 radical (unpaired) electrons. The van der Waals surface area contributed by atoms with E-state index in [-0.39, 0.29) is 17.8 Å². The molecule has 3 aromatic rings. The third kappa shape index (κ3) is 4.20. The van der Waals surface area contributed by atoms with Gasteiger partial charge >= 0.3 is 0 Å². The molecule has 162 valence electrons. The maximum absolute atomic E-state index is 14.0. The standard InChI is InChI=1S/C22H24FN5O2S/c23-16-4-1-2-5-18(16)27-11-9-26(10-12-27)14-20-25-17(15-30-20)22(29)28-8-3-6-19(28)21-24-7-13-31-21/h1-2,4-5,7,13,15,19H,3,6,8-12,14H2. The Kier molecular flexibility index (Phi) is 5.69. The van der Waals surface area contributed by atoms with Crippen molar-refractivity contribution in [1.82, 2.24) is 19.8 Å². The minimum atomic E-state index is -0.190. The van der Waals surface area contributed by atoms with E-state index in [0.717, 1.165) is 44.0 Å². The molecular formula is C22H24FN5O2S. The number of halogens is 1. The molecule has 0 bridgehead atoms. The van der Waals surface area contributed by atoms with Crippen LogP contribution in [-0.2, 0) is 6.54 Å². The van der Waals surface area contributed by atoms with E-state index in [2.05, 4.69) is 19.8 Å². The summed E-state index contributed by atoms with van der Waals surface area (Å²) in [5.74, 6) is 0.245. The van der Waals surface area contributed by atoms with E-state index in [0.29, 0.717) is 30.4 Å². The molecule has 31 heavy (non-hydrogen) atoms. The van der Waals surface area contributed by atoms with Gasteiger partial charge < -0.3 is 14.2 Å². The molecule has 1 atom stereocenters. The van der Waals surface area contributed by atoms with Gasteiger partial charge in [0, 0.05) is 44.3 Å². The van der Waals surface area contributed by atoms with Gasteiger partial charge in [0.15, 0.2) is 5.69 Å². The van der Waals surface area contributed by atoms with E-state index in [1.165, 1.54) is 12.3 Å². The summed E-state index contributed by atoms with van der Waals surface area (Å²) < 4.78 is 19.6. The summed E-state index contributed by atoms with van der Waals surface area (Å²) in [5.41, 5.74) is 0.995. The van der Waals surface area contributed by atoms with Crippen molar-refractivity contribution in [2.24, 2.45) is 0 Å². The van der Waals surface area contributed by atoms with E-state index < -0.39 is 0 Å². The van der Waals surface area contributed by atoms with Crippen molar-refractivity contribution in [3.05, 3.63) is 64.5 Å². The van der Waals surface area contributed by atoms with Gasteiger partial charge in [-0.05, 0) is 25.0 Å². The average Bonchev–Trinajstić information content (AvgIpc) is 3.55. The monoisotopic (exact) mass is 441 g/mol. The SMILES string of the molecule is O=C(c1coc(CN2CCN(c3ccccc3F)CC2)n1)N1CCCC1c1nccs1. The molecule has 2 aromatic heterocycles. The lowest BCUT2D eigenvalue weighted by molar-refractivity contribution is 0.0729. The number of benzene rings is 1. The van der Waals surface area contributed by atoms with Crippen LogP contribution in [0.1, 0.15) is 40.3 Å². The van der Waals surface area contributed by atoms with Crippen LogP contribution >= 0.6 is 11.3 Å². The molecule has 0 N–H and O–H groups in total. The Balaban J connectivity index is 1.19. The number of carbonyl (C=O) groups is 1. The Morgan fingerprint density at radius 2 is 2.03 bits per heavy atom. The third-order valence-electron chi connectivity index (χ3n) is 5.95. The van der Waals surface area contributed by atoms with Gasteiger partial charge in [-0.15, -0.1) is 11.3 Å². The number of likely N-dealkylation sites (tertiary alicyclic amines) is 1. The second-order valence-electron chi connectivity index (χ2n) is 7.87. The fraction of sp³-hybridized carbons (Fsp3) is 0.409. The molecule has 9 heteroatoms. The van der Waals surface area contributed by atoms with Crippen molar-refractivity contribution >= 4 is 22.9 Å². The maximum atomic E-state index is 14.0. The minimum Gasteiger partial charge on any atom is -0.447 e. The Bertz CT molecular complexity index is 1030. The van der Waals surface area contributed by atoms with Gasteiger partial charge in [0.25, 0.3) is 5.91 Å². The largest absolute Gasteiger partial charge is 0.447 e. The fourth-order valence-electron chi connectivity index (χ4n) is 4.34. The molecule has 4 heterocycles. The molecule has 1 unspecified atom stereocenters. The molecule has 1 amide bonds. The Morgan fingerprint density at radius 1 is 1.19 bits per heavy atom. The van der Waals surface area contributed by atoms with E-state index >= 15 is 0 Å². The van der Waals surface area contributed by atoms with Crippen LogP contribution in [0.4, 0.5) is 10.1 Å². The van der Waals surface area contributed by atoms with E-state index in [1.54, 1.807) is 23.6 Å². The van der Waals surface area contributed by atoms with E-state index in [4.69, 9.17) is 4.42 Å². The number of anilines is 1. The number of rotatable bonds is 5. The zero-order valence-electron chi connectivity index (χ0n) is 17.1. The zero-order chi connectivity index (χ0) is 21.2. The first-order valence-corrected chi connectivity index (χ1v) is 11.4. The summed E-state index contributed by atoms with van der Waals surface area (Å²) in [6.45, 7) is 4.27. The predicted octanol–water partition coefficient (Wildman–Crippen LogP) is 3.57.